The highest BCUT2D eigenvalue weighted by molar-refractivity contribution is 5.88. The molecule has 0 spiro atoms. The van der Waals surface area contributed by atoms with E-state index in [1.54, 1.807) is 24.5 Å². The van der Waals surface area contributed by atoms with Crippen molar-refractivity contribution in [2.24, 2.45) is 0 Å². The molecule has 2 heterocycles. The summed E-state index contributed by atoms with van der Waals surface area (Å²) in [6.07, 6.45) is 1.32. The fourth-order valence-electron chi connectivity index (χ4n) is 1.53. The van der Waals surface area contributed by atoms with Crippen molar-refractivity contribution >= 4 is 5.97 Å². The summed E-state index contributed by atoms with van der Waals surface area (Å²) >= 11 is 0. The van der Waals surface area contributed by atoms with Gasteiger partial charge >= 0.3 is 5.97 Å². The normalized spacial score (nSPS) is 10.7. The first kappa shape index (κ1) is 13.0. The molecule has 98 valence electrons. The van der Waals surface area contributed by atoms with Crippen LogP contribution in [0.1, 0.15) is 33.9 Å². The van der Waals surface area contributed by atoms with E-state index < -0.39 is 23.7 Å². The average molecular weight is 265 g/mol. The van der Waals surface area contributed by atoms with Gasteiger partial charge in [0.15, 0.2) is 0 Å². The molecular weight excluding hydrogens is 256 g/mol. The van der Waals surface area contributed by atoms with Crippen LogP contribution in [0.25, 0.3) is 0 Å². The van der Waals surface area contributed by atoms with Gasteiger partial charge in [-0.1, -0.05) is 6.07 Å². The molecule has 7 heteroatoms. The summed E-state index contributed by atoms with van der Waals surface area (Å²) in [5.41, 5.74) is -0.586. The molecule has 2 aromatic heterocycles. The van der Waals surface area contributed by atoms with Gasteiger partial charge in [0.25, 0.3) is 6.43 Å². The molecule has 0 amide bonds. The van der Waals surface area contributed by atoms with Crippen molar-refractivity contribution in [1.82, 2.24) is 15.0 Å². The lowest BCUT2D eigenvalue weighted by Gasteiger charge is -2.06. The third-order valence-electron chi connectivity index (χ3n) is 2.39. The Morgan fingerprint density at radius 1 is 1.37 bits per heavy atom. The number of hydrogen-bond donors (Lipinski definition) is 1. The SMILES string of the molecule is O=C(O)c1cnc(Cc2cccnc2)nc1C(F)F. The van der Waals surface area contributed by atoms with E-state index in [0.29, 0.717) is 0 Å². The molecule has 0 saturated heterocycles. The van der Waals surface area contributed by atoms with E-state index in [4.69, 9.17) is 5.11 Å². The number of alkyl halides is 2. The Hall–Kier alpha value is -2.44. The predicted octanol–water partition coefficient (Wildman–Crippen LogP) is 2.10. The van der Waals surface area contributed by atoms with Crippen LogP contribution in [0, 0.1) is 0 Å². The lowest BCUT2D eigenvalue weighted by atomic mass is 10.2. The minimum absolute atomic E-state index is 0.133. The molecule has 0 bridgehead atoms. The van der Waals surface area contributed by atoms with Crippen LogP contribution >= 0.6 is 0 Å². The number of carboxylic acids is 1. The van der Waals surface area contributed by atoms with E-state index in [-0.39, 0.29) is 12.2 Å². The summed E-state index contributed by atoms with van der Waals surface area (Å²) in [7, 11) is 0. The van der Waals surface area contributed by atoms with E-state index in [2.05, 4.69) is 15.0 Å². The maximum atomic E-state index is 12.7. The quantitative estimate of drug-likeness (QED) is 0.916. The van der Waals surface area contributed by atoms with Crippen LogP contribution in [0.3, 0.4) is 0 Å². The number of aromatic carboxylic acids is 1. The molecule has 0 unspecified atom stereocenters. The maximum absolute atomic E-state index is 12.7. The Labute approximate surface area is 107 Å². The van der Waals surface area contributed by atoms with Crippen molar-refractivity contribution in [3.63, 3.8) is 0 Å². The van der Waals surface area contributed by atoms with Gasteiger partial charge in [-0.05, 0) is 11.6 Å². The lowest BCUT2D eigenvalue weighted by molar-refractivity contribution is 0.0681. The Balaban J connectivity index is 2.33. The van der Waals surface area contributed by atoms with Crippen molar-refractivity contribution < 1.29 is 18.7 Å². The van der Waals surface area contributed by atoms with Crippen molar-refractivity contribution in [2.75, 3.05) is 0 Å². The molecule has 0 aliphatic heterocycles. The molecule has 5 nitrogen and oxygen atoms in total. The highest BCUT2D eigenvalue weighted by atomic mass is 19.3. The number of hydrogen-bond acceptors (Lipinski definition) is 4. The van der Waals surface area contributed by atoms with Gasteiger partial charge in [0.05, 0.1) is 0 Å². The molecule has 0 aliphatic rings. The van der Waals surface area contributed by atoms with Gasteiger partial charge in [-0.2, -0.15) is 0 Å². The number of carbonyl (C=O) groups is 1. The zero-order chi connectivity index (χ0) is 13.8. The highest BCUT2D eigenvalue weighted by Gasteiger charge is 2.21. The lowest BCUT2D eigenvalue weighted by Crippen LogP contribution is -2.09. The molecule has 0 saturated carbocycles. The summed E-state index contributed by atoms with van der Waals surface area (Å²) in [5.74, 6) is -1.34. The van der Waals surface area contributed by atoms with Crippen LogP contribution in [-0.2, 0) is 6.42 Å². The number of rotatable bonds is 4. The van der Waals surface area contributed by atoms with Crippen molar-refractivity contribution in [2.45, 2.75) is 12.8 Å². The van der Waals surface area contributed by atoms with E-state index in [1.807, 2.05) is 0 Å². The molecule has 0 radical (unpaired) electrons. The molecule has 0 fully saturated rings. The van der Waals surface area contributed by atoms with Gasteiger partial charge in [0, 0.05) is 25.0 Å². The molecule has 0 aromatic carbocycles. The van der Waals surface area contributed by atoms with Crippen molar-refractivity contribution in [1.29, 1.82) is 0 Å². The average Bonchev–Trinajstić information content (AvgIpc) is 2.39. The van der Waals surface area contributed by atoms with Crippen molar-refractivity contribution in [3.05, 3.63) is 53.4 Å². The summed E-state index contributed by atoms with van der Waals surface area (Å²) < 4.78 is 25.5. The Bertz CT molecular complexity index is 591. The zero-order valence-corrected chi connectivity index (χ0v) is 9.62. The minimum atomic E-state index is -2.96. The van der Waals surface area contributed by atoms with E-state index in [0.717, 1.165) is 11.8 Å². The highest BCUT2D eigenvalue weighted by Crippen LogP contribution is 2.21. The Morgan fingerprint density at radius 3 is 2.74 bits per heavy atom. The second kappa shape index (κ2) is 5.47. The molecule has 2 aromatic rings. The third kappa shape index (κ3) is 3.06. The maximum Gasteiger partial charge on any atom is 0.339 e. The fraction of sp³-hybridized carbons (Fsp3) is 0.167. The zero-order valence-electron chi connectivity index (χ0n) is 9.62. The van der Waals surface area contributed by atoms with Crippen LogP contribution in [-0.4, -0.2) is 26.0 Å². The van der Waals surface area contributed by atoms with Crippen LogP contribution in [0.15, 0.2) is 30.7 Å². The summed E-state index contributed by atoms with van der Waals surface area (Å²) in [6, 6.07) is 3.46. The standard InChI is InChI=1S/C12H9F2N3O2/c13-11(14)10-8(12(18)19)6-16-9(17-10)4-7-2-1-3-15-5-7/h1-3,5-6,11H,4H2,(H,18,19). The van der Waals surface area contributed by atoms with Crippen LogP contribution in [0.4, 0.5) is 8.78 Å². The number of aromatic nitrogens is 3. The first-order valence-electron chi connectivity index (χ1n) is 5.34. The van der Waals surface area contributed by atoms with Gasteiger partial charge in [-0.3, -0.25) is 4.98 Å². The van der Waals surface area contributed by atoms with Crippen LogP contribution < -0.4 is 0 Å². The predicted molar refractivity (Wildman–Crippen MR) is 61.0 cm³/mol. The summed E-state index contributed by atoms with van der Waals surface area (Å²) in [4.78, 5) is 22.1. The van der Waals surface area contributed by atoms with Crippen LogP contribution in [0.2, 0.25) is 0 Å². The summed E-state index contributed by atoms with van der Waals surface area (Å²) in [6.45, 7) is 0. The van der Waals surface area contributed by atoms with Gasteiger partial charge in [-0.15, -0.1) is 0 Å². The van der Waals surface area contributed by atoms with Gasteiger partial charge in [0.2, 0.25) is 0 Å². The fourth-order valence-corrected chi connectivity index (χ4v) is 1.53. The molecule has 1 N–H and O–H groups in total. The molecule has 0 aliphatic carbocycles. The molecule has 2 rings (SSSR count). The largest absolute Gasteiger partial charge is 0.478 e. The van der Waals surface area contributed by atoms with E-state index >= 15 is 0 Å². The third-order valence-corrected chi connectivity index (χ3v) is 2.39. The second-order valence-corrected chi connectivity index (χ2v) is 3.73. The first-order valence-corrected chi connectivity index (χ1v) is 5.34. The van der Waals surface area contributed by atoms with Gasteiger partial charge < -0.3 is 5.11 Å². The van der Waals surface area contributed by atoms with Crippen LogP contribution in [0.5, 0.6) is 0 Å². The smallest absolute Gasteiger partial charge is 0.339 e. The van der Waals surface area contributed by atoms with Gasteiger partial charge in [-0.25, -0.2) is 23.5 Å². The molecular formula is C12H9F2N3O2. The van der Waals surface area contributed by atoms with Crippen molar-refractivity contribution in [3.8, 4) is 0 Å². The topological polar surface area (TPSA) is 76.0 Å². The number of nitrogens with zero attached hydrogens (tertiary/aromatic N) is 3. The second-order valence-electron chi connectivity index (χ2n) is 3.73. The Morgan fingerprint density at radius 2 is 2.16 bits per heavy atom. The number of carboxylic acid groups (broad SMARTS) is 1. The Kier molecular flexibility index (Phi) is 3.74. The number of halogens is 2. The van der Waals surface area contributed by atoms with Gasteiger partial charge in [0.1, 0.15) is 17.1 Å². The van der Waals surface area contributed by atoms with E-state index in [9.17, 15) is 13.6 Å². The molecule has 0 atom stereocenters. The first-order chi connectivity index (χ1) is 9.08. The monoisotopic (exact) mass is 265 g/mol. The summed E-state index contributed by atoms with van der Waals surface area (Å²) in [5, 5.41) is 8.77. The minimum Gasteiger partial charge on any atom is -0.478 e. The number of pyridine rings is 1. The molecule has 19 heavy (non-hydrogen) atoms. The van der Waals surface area contributed by atoms with E-state index in [1.165, 1.54) is 0 Å².